The van der Waals surface area contributed by atoms with E-state index in [4.69, 9.17) is 10.7 Å². The molecule has 2 N–H and O–H groups in total. The topological polar surface area (TPSA) is 38.9 Å². The second-order valence-electron chi connectivity index (χ2n) is 5.34. The Morgan fingerprint density at radius 3 is 2.47 bits per heavy atom. The first-order valence-corrected chi connectivity index (χ1v) is 7.87. The second kappa shape index (κ2) is 5.43. The van der Waals surface area contributed by atoms with Crippen molar-refractivity contribution >= 4 is 11.3 Å². The summed E-state index contributed by atoms with van der Waals surface area (Å²) in [5, 5.41) is 1.26. The van der Waals surface area contributed by atoms with Crippen molar-refractivity contribution in [3.8, 4) is 0 Å². The molecule has 1 heterocycles. The maximum Gasteiger partial charge on any atom is 0.103 e. The Labute approximate surface area is 118 Å². The van der Waals surface area contributed by atoms with E-state index >= 15 is 0 Å². The van der Waals surface area contributed by atoms with E-state index in [0.717, 1.165) is 0 Å². The third kappa shape index (κ3) is 2.33. The van der Waals surface area contributed by atoms with Crippen LogP contribution in [0, 0.1) is 0 Å². The Kier molecular flexibility index (Phi) is 3.67. The largest absolute Gasteiger partial charge is 0.326 e. The van der Waals surface area contributed by atoms with Crippen LogP contribution in [0.2, 0.25) is 0 Å². The number of thiazole rings is 1. The molecule has 1 aromatic heterocycles. The van der Waals surface area contributed by atoms with Crippen LogP contribution in [0.4, 0.5) is 0 Å². The molecule has 0 saturated heterocycles. The molecular formula is C16H20N2S. The fourth-order valence-electron chi connectivity index (χ4n) is 3.16. The average molecular weight is 272 g/mol. The molecule has 1 aliphatic carbocycles. The van der Waals surface area contributed by atoms with Crippen LogP contribution in [0.5, 0.6) is 0 Å². The first-order valence-electron chi connectivity index (χ1n) is 7.06. The van der Waals surface area contributed by atoms with Crippen LogP contribution in [0.1, 0.15) is 47.6 Å². The highest BCUT2D eigenvalue weighted by Crippen LogP contribution is 2.45. The van der Waals surface area contributed by atoms with Crippen molar-refractivity contribution in [2.24, 2.45) is 5.73 Å². The zero-order valence-electron chi connectivity index (χ0n) is 11.1. The summed E-state index contributed by atoms with van der Waals surface area (Å²) in [5.41, 5.74) is 7.31. The van der Waals surface area contributed by atoms with Crippen LogP contribution in [0.3, 0.4) is 0 Å². The predicted molar refractivity (Wildman–Crippen MR) is 80.3 cm³/mol. The van der Waals surface area contributed by atoms with E-state index < -0.39 is 0 Å². The molecule has 3 rings (SSSR count). The maximum absolute atomic E-state index is 5.74. The molecule has 19 heavy (non-hydrogen) atoms. The number of hydrogen-bond donors (Lipinski definition) is 1. The van der Waals surface area contributed by atoms with Crippen LogP contribution in [0.15, 0.2) is 36.5 Å². The molecule has 1 aliphatic rings. The van der Waals surface area contributed by atoms with E-state index in [1.807, 2.05) is 6.20 Å². The van der Waals surface area contributed by atoms with Crippen molar-refractivity contribution in [2.75, 3.05) is 0 Å². The van der Waals surface area contributed by atoms with Crippen LogP contribution >= 0.6 is 11.3 Å². The predicted octanol–water partition coefficient (Wildman–Crippen LogP) is 3.85. The maximum atomic E-state index is 5.74. The van der Waals surface area contributed by atoms with Gasteiger partial charge in [0.05, 0.1) is 0 Å². The Hall–Kier alpha value is -1.19. The molecule has 0 unspecified atom stereocenters. The minimum absolute atomic E-state index is 0.137. The van der Waals surface area contributed by atoms with Crippen molar-refractivity contribution in [3.63, 3.8) is 0 Å². The quantitative estimate of drug-likeness (QED) is 0.921. The van der Waals surface area contributed by atoms with Gasteiger partial charge in [-0.25, -0.2) is 4.98 Å². The summed E-state index contributed by atoms with van der Waals surface area (Å²) >= 11 is 1.80. The van der Waals surface area contributed by atoms with Gasteiger partial charge in [-0.1, -0.05) is 49.6 Å². The molecule has 0 radical (unpaired) electrons. The average Bonchev–Trinajstić information content (AvgIpc) is 2.98. The van der Waals surface area contributed by atoms with Crippen LogP contribution in [-0.2, 0) is 12.0 Å². The Balaban J connectivity index is 2.06. The Bertz CT molecular complexity index is 527. The Morgan fingerprint density at radius 1 is 1.11 bits per heavy atom. The monoisotopic (exact) mass is 272 g/mol. The smallest absolute Gasteiger partial charge is 0.103 e. The first-order chi connectivity index (χ1) is 9.35. The molecule has 2 nitrogen and oxygen atoms in total. The van der Waals surface area contributed by atoms with Gasteiger partial charge in [0.2, 0.25) is 0 Å². The lowest BCUT2D eigenvalue weighted by Crippen LogP contribution is -2.30. The van der Waals surface area contributed by atoms with Crippen LogP contribution < -0.4 is 5.73 Å². The zero-order chi connectivity index (χ0) is 13.1. The van der Waals surface area contributed by atoms with Crippen molar-refractivity contribution in [3.05, 3.63) is 52.0 Å². The van der Waals surface area contributed by atoms with Crippen LogP contribution in [0.25, 0.3) is 0 Å². The van der Waals surface area contributed by atoms with E-state index in [0.29, 0.717) is 6.54 Å². The van der Waals surface area contributed by atoms with Gasteiger partial charge >= 0.3 is 0 Å². The summed E-state index contributed by atoms with van der Waals surface area (Å²) in [4.78, 5) is 5.89. The van der Waals surface area contributed by atoms with E-state index in [1.165, 1.54) is 47.6 Å². The number of benzene rings is 1. The molecular weight excluding hydrogens is 252 g/mol. The highest BCUT2D eigenvalue weighted by molar-refractivity contribution is 7.11. The van der Waals surface area contributed by atoms with Gasteiger partial charge in [-0.05, 0) is 18.4 Å². The molecule has 0 bridgehead atoms. The Morgan fingerprint density at radius 2 is 1.84 bits per heavy atom. The summed E-state index contributed by atoms with van der Waals surface area (Å²) in [5.74, 6) is 0. The molecule has 3 heteroatoms. The molecule has 0 spiro atoms. The summed E-state index contributed by atoms with van der Waals surface area (Å²) in [7, 11) is 0. The number of nitrogens with zero attached hydrogens (tertiary/aromatic N) is 1. The van der Waals surface area contributed by atoms with E-state index in [-0.39, 0.29) is 5.41 Å². The summed E-state index contributed by atoms with van der Waals surface area (Å²) in [6.45, 7) is 0.600. The van der Waals surface area contributed by atoms with Gasteiger partial charge in [0.25, 0.3) is 0 Å². The third-order valence-electron chi connectivity index (χ3n) is 4.20. The van der Waals surface area contributed by atoms with Gasteiger partial charge in [-0.15, -0.1) is 11.3 Å². The van der Waals surface area contributed by atoms with E-state index in [2.05, 4.69) is 30.3 Å². The van der Waals surface area contributed by atoms with Gasteiger partial charge in [-0.2, -0.15) is 0 Å². The molecule has 1 fully saturated rings. The molecule has 1 aromatic carbocycles. The van der Waals surface area contributed by atoms with Crippen molar-refractivity contribution in [2.45, 2.75) is 44.1 Å². The van der Waals surface area contributed by atoms with Gasteiger partial charge in [0, 0.05) is 23.0 Å². The molecule has 2 aromatic rings. The minimum atomic E-state index is 0.137. The van der Waals surface area contributed by atoms with Crippen molar-refractivity contribution < 1.29 is 0 Å². The third-order valence-corrected chi connectivity index (χ3v) is 5.42. The lowest BCUT2D eigenvalue weighted by atomic mass is 9.70. The zero-order valence-corrected chi connectivity index (χ0v) is 12.0. The standard InChI is InChI=1S/C16H20N2S/c17-11-14-12-18-15(19-14)16(9-5-2-6-10-16)13-7-3-1-4-8-13/h1,3-4,7-8,12H,2,5-6,9-11,17H2. The van der Waals surface area contributed by atoms with Crippen LogP contribution in [-0.4, -0.2) is 4.98 Å². The number of rotatable bonds is 3. The first kappa shape index (κ1) is 12.8. The second-order valence-corrected chi connectivity index (χ2v) is 6.46. The summed E-state index contributed by atoms with van der Waals surface area (Å²) < 4.78 is 0. The molecule has 100 valence electrons. The van der Waals surface area contributed by atoms with Gasteiger partial charge < -0.3 is 5.73 Å². The minimum Gasteiger partial charge on any atom is -0.326 e. The molecule has 0 amide bonds. The fraction of sp³-hybridized carbons (Fsp3) is 0.438. The summed E-state index contributed by atoms with van der Waals surface area (Å²) in [6.07, 6.45) is 8.34. The number of hydrogen-bond acceptors (Lipinski definition) is 3. The highest BCUT2D eigenvalue weighted by atomic mass is 32.1. The van der Waals surface area contributed by atoms with Gasteiger partial charge in [-0.3, -0.25) is 0 Å². The fourth-order valence-corrected chi connectivity index (χ4v) is 4.22. The van der Waals surface area contributed by atoms with E-state index in [1.54, 1.807) is 11.3 Å². The number of aromatic nitrogens is 1. The highest BCUT2D eigenvalue weighted by Gasteiger charge is 2.38. The van der Waals surface area contributed by atoms with Crippen molar-refractivity contribution in [1.29, 1.82) is 0 Å². The van der Waals surface area contributed by atoms with Crippen molar-refractivity contribution in [1.82, 2.24) is 4.98 Å². The number of nitrogens with two attached hydrogens (primary N) is 1. The summed E-state index contributed by atoms with van der Waals surface area (Å²) in [6, 6.07) is 10.9. The van der Waals surface area contributed by atoms with Gasteiger partial charge in [0.1, 0.15) is 5.01 Å². The van der Waals surface area contributed by atoms with E-state index in [9.17, 15) is 0 Å². The normalized spacial score (nSPS) is 18.4. The van der Waals surface area contributed by atoms with Gasteiger partial charge in [0.15, 0.2) is 0 Å². The lowest BCUT2D eigenvalue weighted by Gasteiger charge is -2.36. The molecule has 1 saturated carbocycles. The SMILES string of the molecule is NCc1cnc(C2(c3ccccc3)CCCCC2)s1. The molecule has 0 aliphatic heterocycles. The lowest BCUT2D eigenvalue weighted by molar-refractivity contribution is 0.345. The molecule has 0 atom stereocenters.